The molecule has 3 saturated carbocycles. The van der Waals surface area contributed by atoms with Gasteiger partial charge < -0.3 is 63.1 Å². The average Bonchev–Trinajstić information content (AvgIpc) is 2.07. The molecule has 3 heterocycles. The molecule has 6 fully saturated rings. The highest BCUT2D eigenvalue weighted by Crippen LogP contribution is 2.46. The summed E-state index contributed by atoms with van der Waals surface area (Å²) in [6.45, 7) is 15.5. The first-order chi connectivity index (χ1) is 43.6. The van der Waals surface area contributed by atoms with Gasteiger partial charge in [0, 0.05) is 34.3 Å². The van der Waals surface area contributed by atoms with Gasteiger partial charge in [0.25, 0.3) is 0 Å². The van der Waals surface area contributed by atoms with Crippen LogP contribution in [0.4, 0.5) is 0 Å². The number of hydrogen-bond donors (Lipinski definition) is 4. The highest BCUT2D eigenvalue weighted by molar-refractivity contribution is 6.31. The molecule has 16 heteroatoms. The molecule has 3 saturated heterocycles. The predicted octanol–water partition coefficient (Wildman–Crippen LogP) is 17.4. The summed E-state index contributed by atoms with van der Waals surface area (Å²) >= 11 is 18.2. The van der Waals surface area contributed by atoms with Gasteiger partial charge in [0.1, 0.15) is 37.1 Å². The van der Waals surface area contributed by atoms with Crippen molar-refractivity contribution in [1.82, 2.24) is 0 Å². The second-order valence-corrected chi connectivity index (χ2v) is 27.4. The van der Waals surface area contributed by atoms with E-state index in [-0.39, 0.29) is 44.0 Å². The molecule has 12 atom stereocenters. The van der Waals surface area contributed by atoms with Crippen LogP contribution in [0.25, 0.3) is 0 Å². The van der Waals surface area contributed by atoms with Gasteiger partial charge in [-0.2, -0.15) is 0 Å². The number of rotatable bonds is 33. The summed E-state index contributed by atoms with van der Waals surface area (Å²) in [5, 5.41) is 44.3. The van der Waals surface area contributed by atoms with Crippen LogP contribution < -0.4 is 14.2 Å². The Kier molecular flexibility index (Phi) is 34.0. The lowest BCUT2D eigenvalue weighted by molar-refractivity contribution is -0.185. The van der Waals surface area contributed by atoms with Gasteiger partial charge in [0.05, 0.1) is 64.1 Å². The lowest BCUT2D eigenvalue weighted by atomic mass is 9.83. The second kappa shape index (κ2) is 40.3. The number of ether oxygens (including phenoxy) is 9. The van der Waals surface area contributed by atoms with Gasteiger partial charge in [0.15, 0.2) is 0 Å². The van der Waals surface area contributed by atoms with Crippen molar-refractivity contribution >= 4 is 34.8 Å². The zero-order valence-corrected chi connectivity index (χ0v) is 56.9. The second-order valence-electron chi connectivity index (χ2n) is 26.1. The van der Waals surface area contributed by atoms with Crippen molar-refractivity contribution in [3.8, 4) is 17.2 Å². The third kappa shape index (κ3) is 24.7. The largest absolute Gasteiger partial charge is 0.488 e. The van der Waals surface area contributed by atoms with Crippen LogP contribution in [0.3, 0.4) is 0 Å². The van der Waals surface area contributed by atoms with E-state index in [4.69, 9.17) is 77.4 Å². The molecule has 3 aliphatic carbocycles. The normalized spacial score (nSPS) is 28.1. The van der Waals surface area contributed by atoms with Gasteiger partial charge in [-0.05, 0) is 179 Å². The van der Waals surface area contributed by atoms with Crippen molar-refractivity contribution in [2.75, 3.05) is 59.5 Å². The van der Waals surface area contributed by atoms with Crippen molar-refractivity contribution in [2.45, 2.75) is 219 Å². The highest BCUT2D eigenvalue weighted by atomic mass is 35.5. The Hall–Kier alpha value is -3.25. The monoisotopic (exact) mass is 1330 g/mol. The van der Waals surface area contributed by atoms with Crippen LogP contribution in [-0.4, -0.2) is 122 Å². The van der Waals surface area contributed by atoms with E-state index >= 15 is 0 Å². The topological polar surface area (TPSA) is 164 Å². The third-order valence-corrected chi connectivity index (χ3v) is 20.2. The molecule has 0 amide bonds. The molecule has 13 nitrogen and oxygen atoms in total. The molecular weight excluding hydrogens is 1220 g/mol. The maximum Gasteiger partial charge on any atom is 0.203 e. The SMILES string of the molecule is C.CCCC/C=C\C[C@@H]1[C@@H](CCC2(COc3cccc(Cl)c3)OCCO2)[C@H](C)C[C@@H]1O.CCCC/C=C\C[C@@H]1[C@@H](CCC2(COc3cccc(Cl)c3)OCCO2)[C@H](O)C[C@@H]1C.CCCC/C=C\C[C@@H]1[C@@H](CCC2(COc3cccc(Cl)c3)OCCO2)[C@H](O)C[C@@H]1O. The minimum atomic E-state index is -0.822. The van der Waals surface area contributed by atoms with E-state index in [1.807, 2.05) is 48.5 Å². The van der Waals surface area contributed by atoms with E-state index in [2.05, 4.69) is 71.1 Å². The van der Waals surface area contributed by atoms with Gasteiger partial charge in [-0.25, -0.2) is 0 Å². The number of allylic oxidation sites excluding steroid dienone is 6. The van der Waals surface area contributed by atoms with Gasteiger partial charge in [-0.3, -0.25) is 0 Å². The molecule has 9 rings (SSSR count). The first-order valence-electron chi connectivity index (χ1n) is 34.2. The van der Waals surface area contributed by atoms with Crippen LogP contribution >= 0.6 is 34.8 Å². The lowest BCUT2D eigenvalue weighted by Crippen LogP contribution is -2.38. The number of aliphatic hydroxyl groups excluding tert-OH is 4. The van der Waals surface area contributed by atoms with E-state index < -0.39 is 29.6 Å². The number of halogens is 3. The van der Waals surface area contributed by atoms with Gasteiger partial charge in [0.2, 0.25) is 17.4 Å². The summed E-state index contributed by atoms with van der Waals surface area (Å²) < 4.78 is 53.7. The van der Waals surface area contributed by atoms with Crippen LogP contribution in [0.1, 0.15) is 177 Å². The maximum atomic E-state index is 10.7. The molecular formula is C75H113Cl3O13. The summed E-state index contributed by atoms with van der Waals surface area (Å²) in [5.41, 5.74) is 0. The molecule has 0 unspecified atom stereocenters. The van der Waals surface area contributed by atoms with Crippen LogP contribution in [0.5, 0.6) is 17.2 Å². The molecule has 0 bridgehead atoms. The first-order valence-corrected chi connectivity index (χ1v) is 35.4. The standard InChI is InChI=1S/2C25H37ClO4.C24H35ClO5.CH4/c1-3-4-5-6-7-11-23-22(19(2)16-24(23)27)12-13-25(29-14-15-30-25)18-28-21-10-8-9-20(26)17-21;1-3-4-5-6-7-11-22-19(2)16-24(27)23(22)12-13-25(29-14-15-30-25)18-28-21-10-8-9-20(26)17-21;1-2-3-4-5-6-10-20-21(23(27)16-22(20)26)11-12-24(29-13-14-30-24)17-28-19-9-7-8-18(25)15-19;/h2*6-10,17,19,22-24,27H,3-5,11-16,18H2,1-2H3;5-9,15,20-23,26-27H,2-4,10-14,16-17H2,1H3;1H4/b2*7-6-;6-5-;/t19-,22+,23-,24+;19-,22-,23+,24+;20-,21-,22+,23-;/m101./s1. The smallest absolute Gasteiger partial charge is 0.203 e. The van der Waals surface area contributed by atoms with Gasteiger partial charge in [-0.1, -0.05) is 170 Å². The number of aliphatic hydroxyl groups is 4. The van der Waals surface area contributed by atoms with Crippen molar-refractivity contribution in [3.63, 3.8) is 0 Å². The van der Waals surface area contributed by atoms with Crippen LogP contribution in [-0.2, 0) is 28.4 Å². The molecule has 6 aliphatic rings. The number of unbranched alkanes of at least 4 members (excludes halogenated alkanes) is 6. The van der Waals surface area contributed by atoms with Crippen LogP contribution in [0.15, 0.2) is 109 Å². The van der Waals surface area contributed by atoms with E-state index in [9.17, 15) is 20.4 Å². The van der Waals surface area contributed by atoms with Crippen LogP contribution in [0.2, 0.25) is 15.1 Å². The number of hydrogen-bond acceptors (Lipinski definition) is 13. The minimum absolute atomic E-state index is 0. The molecule has 91 heavy (non-hydrogen) atoms. The zero-order chi connectivity index (χ0) is 64.2. The predicted molar refractivity (Wildman–Crippen MR) is 366 cm³/mol. The molecule has 0 spiro atoms. The lowest BCUT2D eigenvalue weighted by Gasteiger charge is -2.31. The zero-order valence-electron chi connectivity index (χ0n) is 54.6. The Balaban J connectivity index is 0.000000216. The maximum absolute atomic E-state index is 10.7. The van der Waals surface area contributed by atoms with Crippen LogP contribution in [0, 0.1) is 47.3 Å². The fourth-order valence-corrected chi connectivity index (χ4v) is 14.8. The Bertz CT molecular complexity index is 2290. The van der Waals surface area contributed by atoms with E-state index in [0.29, 0.717) is 128 Å². The molecule has 0 aromatic heterocycles. The molecule has 4 N–H and O–H groups in total. The molecule has 0 radical (unpaired) electrons. The Morgan fingerprint density at radius 3 is 1.08 bits per heavy atom. The molecule has 512 valence electrons. The summed E-state index contributed by atoms with van der Waals surface area (Å²) in [6, 6.07) is 22.1. The molecule has 3 aliphatic heterocycles. The van der Waals surface area contributed by atoms with Gasteiger partial charge >= 0.3 is 0 Å². The Morgan fingerprint density at radius 1 is 0.418 bits per heavy atom. The van der Waals surface area contributed by atoms with Crippen molar-refractivity contribution < 1.29 is 63.1 Å². The summed E-state index contributed by atoms with van der Waals surface area (Å²) in [6.07, 6.45) is 32.4. The minimum Gasteiger partial charge on any atom is -0.488 e. The number of benzene rings is 3. The van der Waals surface area contributed by atoms with Gasteiger partial charge in [-0.15, -0.1) is 0 Å². The third-order valence-electron chi connectivity index (χ3n) is 19.5. The molecule has 3 aromatic rings. The quantitative estimate of drug-likeness (QED) is 0.0337. The first kappa shape index (κ1) is 76.8. The van der Waals surface area contributed by atoms with Crippen molar-refractivity contribution in [1.29, 1.82) is 0 Å². The highest BCUT2D eigenvalue weighted by Gasteiger charge is 2.47. The average molecular weight is 1330 g/mol. The summed E-state index contributed by atoms with van der Waals surface area (Å²) in [4.78, 5) is 0. The van der Waals surface area contributed by atoms with Crippen molar-refractivity contribution in [2.24, 2.45) is 47.3 Å². The fraction of sp³-hybridized carbons (Fsp3) is 0.680. The molecule has 3 aromatic carbocycles. The van der Waals surface area contributed by atoms with E-state index in [0.717, 1.165) is 82.8 Å². The van der Waals surface area contributed by atoms with E-state index in [1.54, 1.807) is 24.3 Å². The summed E-state index contributed by atoms with van der Waals surface area (Å²) in [7, 11) is 0. The van der Waals surface area contributed by atoms with Crippen molar-refractivity contribution in [3.05, 3.63) is 124 Å². The summed E-state index contributed by atoms with van der Waals surface area (Å²) in [5.74, 6) is 2.50. The Labute approximate surface area is 561 Å². The Morgan fingerprint density at radius 2 is 0.714 bits per heavy atom. The van der Waals surface area contributed by atoms with E-state index in [1.165, 1.54) is 38.5 Å². The fourth-order valence-electron chi connectivity index (χ4n) is 14.3.